The number of nitrogens with zero attached hydrogens (tertiary/aromatic N) is 3. The van der Waals surface area contributed by atoms with Gasteiger partial charge in [0.05, 0.1) is 5.69 Å². The van der Waals surface area contributed by atoms with E-state index in [-0.39, 0.29) is 5.91 Å². The molecule has 8 nitrogen and oxygen atoms in total. The van der Waals surface area contributed by atoms with E-state index < -0.39 is 12.1 Å². The topological polar surface area (TPSA) is 101 Å². The zero-order valence-electron chi connectivity index (χ0n) is 14.5. The number of hydrogen-bond acceptors (Lipinski definition) is 5. The summed E-state index contributed by atoms with van der Waals surface area (Å²) in [6.45, 7) is 4.89. The van der Waals surface area contributed by atoms with Gasteiger partial charge in [-0.25, -0.2) is 4.98 Å². The minimum atomic E-state index is -0.812. The quantitative estimate of drug-likeness (QED) is 0.667. The van der Waals surface area contributed by atoms with Gasteiger partial charge in [0.1, 0.15) is 5.02 Å². The van der Waals surface area contributed by atoms with Crippen LogP contribution in [0.2, 0.25) is 5.02 Å². The molecule has 0 aliphatic carbocycles. The van der Waals surface area contributed by atoms with Gasteiger partial charge in [-0.3, -0.25) is 14.7 Å². The molecule has 0 bridgehead atoms. The second-order valence-corrected chi connectivity index (χ2v) is 6.17. The summed E-state index contributed by atoms with van der Waals surface area (Å²) in [5, 5.41) is 10.6. The fourth-order valence-electron chi connectivity index (χ4n) is 2.48. The monoisotopic (exact) mass is 375 g/mol. The van der Waals surface area contributed by atoms with Crippen molar-refractivity contribution < 1.29 is 14.3 Å². The van der Waals surface area contributed by atoms with Gasteiger partial charge in [-0.2, -0.15) is 4.63 Å². The predicted molar refractivity (Wildman–Crippen MR) is 97.0 cm³/mol. The van der Waals surface area contributed by atoms with Gasteiger partial charge in [0.15, 0.2) is 17.6 Å². The van der Waals surface area contributed by atoms with Gasteiger partial charge in [0.2, 0.25) is 0 Å². The van der Waals surface area contributed by atoms with E-state index in [4.69, 9.17) is 16.3 Å². The number of carbonyl (C=O) groups excluding carboxylic acids is 2. The van der Waals surface area contributed by atoms with Crippen LogP contribution in [0.4, 0.5) is 5.69 Å². The summed E-state index contributed by atoms with van der Waals surface area (Å²) < 4.78 is 6.50. The Balaban J connectivity index is 1.75. The summed E-state index contributed by atoms with van der Waals surface area (Å²) >= 11 is 6.17. The van der Waals surface area contributed by atoms with Gasteiger partial charge >= 0.3 is 5.97 Å². The summed E-state index contributed by atoms with van der Waals surface area (Å²) in [5.41, 5.74) is 2.72. The van der Waals surface area contributed by atoms with Crippen molar-refractivity contribution in [2.75, 3.05) is 5.32 Å². The number of aromatic amines is 1. The molecule has 1 amide bonds. The first-order valence-electron chi connectivity index (χ1n) is 8.08. The Bertz CT molecular complexity index is 961. The van der Waals surface area contributed by atoms with Crippen LogP contribution in [0, 0.1) is 6.92 Å². The normalized spacial score (nSPS) is 12.2. The molecule has 1 aromatic carbocycles. The number of aryl methyl sites for hydroxylation is 1. The van der Waals surface area contributed by atoms with Crippen LogP contribution in [0.5, 0.6) is 0 Å². The molecule has 2 heterocycles. The van der Waals surface area contributed by atoms with E-state index in [2.05, 4.69) is 20.5 Å². The molecule has 26 heavy (non-hydrogen) atoms. The summed E-state index contributed by atoms with van der Waals surface area (Å²) in [7, 11) is 0. The van der Waals surface area contributed by atoms with Crippen LogP contribution in [0.1, 0.15) is 26.0 Å². The minimum Gasteiger partial charge on any atom is -0.452 e. The van der Waals surface area contributed by atoms with Crippen LogP contribution in [0.15, 0.2) is 24.3 Å². The van der Waals surface area contributed by atoms with Crippen molar-refractivity contribution in [1.29, 1.82) is 0 Å². The number of rotatable bonds is 5. The van der Waals surface area contributed by atoms with Crippen molar-refractivity contribution in [3.63, 3.8) is 0 Å². The van der Waals surface area contributed by atoms with Crippen LogP contribution < -0.4 is 5.32 Å². The first-order chi connectivity index (χ1) is 12.4. The number of H-pyrrole nitrogens is 1. The molecule has 136 valence electrons. The fraction of sp³-hybridized carbons (Fsp3) is 0.294. The number of aromatic nitrogens is 4. The Morgan fingerprint density at radius 3 is 2.62 bits per heavy atom. The number of halogens is 1. The zero-order valence-corrected chi connectivity index (χ0v) is 15.3. The Hall–Kier alpha value is -2.87. The minimum absolute atomic E-state index is 0.369. The fourth-order valence-corrected chi connectivity index (χ4v) is 2.64. The van der Waals surface area contributed by atoms with Gasteiger partial charge in [0.25, 0.3) is 5.91 Å². The molecule has 0 spiro atoms. The van der Waals surface area contributed by atoms with Crippen molar-refractivity contribution in [2.45, 2.75) is 33.3 Å². The number of ether oxygens (including phenoxy) is 1. The summed E-state index contributed by atoms with van der Waals surface area (Å²) in [5.74, 6) is -0.341. The average Bonchev–Trinajstić information content (AvgIpc) is 3.13. The number of anilines is 1. The van der Waals surface area contributed by atoms with E-state index in [1.54, 1.807) is 31.2 Å². The average molecular weight is 376 g/mol. The predicted octanol–water partition coefficient (Wildman–Crippen LogP) is 2.97. The van der Waals surface area contributed by atoms with Crippen LogP contribution in [-0.4, -0.2) is 37.8 Å². The molecular formula is C17H18ClN5O3. The van der Waals surface area contributed by atoms with Gasteiger partial charge in [0, 0.05) is 18.2 Å². The summed E-state index contributed by atoms with van der Waals surface area (Å²) in [6.07, 6.45) is -0.415. The molecule has 2 aromatic heterocycles. The molecule has 9 heteroatoms. The number of nitrogens with one attached hydrogen (secondary N) is 2. The van der Waals surface area contributed by atoms with Crippen LogP contribution in [0.25, 0.3) is 17.0 Å². The first kappa shape index (κ1) is 17.9. The molecule has 0 aliphatic rings. The Labute approximate surface area is 154 Å². The second-order valence-electron chi connectivity index (χ2n) is 5.79. The molecule has 3 rings (SSSR count). The maximum absolute atomic E-state index is 12.2. The highest BCUT2D eigenvalue weighted by Crippen LogP contribution is 2.24. The van der Waals surface area contributed by atoms with Crippen molar-refractivity contribution in [3.05, 3.63) is 35.0 Å². The summed E-state index contributed by atoms with van der Waals surface area (Å²) in [6, 6.07) is 7.04. The van der Waals surface area contributed by atoms with E-state index in [1.165, 1.54) is 11.6 Å². The molecule has 1 unspecified atom stereocenters. The number of amides is 1. The molecule has 3 aromatic rings. The highest BCUT2D eigenvalue weighted by molar-refractivity contribution is 6.34. The Kier molecular flexibility index (Phi) is 4.94. The van der Waals surface area contributed by atoms with Crippen LogP contribution in [-0.2, 0) is 14.3 Å². The molecule has 0 fully saturated rings. The Morgan fingerprint density at radius 2 is 2.04 bits per heavy atom. The lowest BCUT2D eigenvalue weighted by atomic mass is 10.2. The molecule has 1 atom stereocenters. The largest absolute Gasteiger partial charge is 0.452 e. The number of esters is 1. The van der Waals surface area contributed by atoms with E-state index in [0.717, 1.165) is 11.3 Å². The van der Waals surface area contributed by atoms with Gasteiger partial charge < -0.3 is 10.1 Å². The SMILES string of the molecule is CCC(OC(C)=O)C(=O)Nc1ccc(-c2nc3c(Cl)c(C)[nH]n3n2)cc1. The number of benzene rings is 1. The molecular weight excluding hydrogens is 358 g/mol. The third-order valence-electron chi connectivity index (χ3n) is 3.79. The Morgan fingerprint density at radius 1 is 1.35 bits per heavy atom. The lowest BCUT2D eigenvalue weighted by Crippen LogP contribution is -2.31. The van der Waals surface area contributed by atoms with Crippen molar-refractivity contribution in [2.24, 2.45) is 0 Å². The third-order valence-corrected chi connectivity index (χ3v) is 4.24. The maximum atomic E-state index is 12.2. The van der Waals surface area contributed by atoms with Gasteiger partial charge in [-0.15, -0.1) is 5.10 Å². The number of fused-ring (bicyclic) bond motifs is 1. The molecule has 0 aliphatic heterocycles. The lowest BCUT2D eigenvalue weighted by molar-refractivity contribution is -0.152. The van der Waals surface area contributed by atoms with Gasteiger partial charge in [-0.05, 0) is 37.6 Å². The van der Waals surface area contributed by atoms with E-state index in [0.29, 0.717) is 28.6 Å². The van der Waals surface area contributed by atoms with E-state index in [1.807, 2.05) is 6.92 Å². The van der Waals surface area contributed by atoms with Gasteiger partial charge in [-0.1, -0.05) is 18.5 Å². The number of carbonyl (C=O) groups is 2. The van der Waals surface area contributed by atoms with E-state index >= 15 is 0 Å². The van der Waals surface area contributed by atoms with Crippen molar-refractivity contribution in [3.8, 4) is 11.4 Å². The van der Waals surface area contributed by atoms with Crippen LogP contribution >= 0.6 is 11.6 Å². The lowest BCUT2D eigenvalue weighted by Gasteiger charge is -2.14. The first-order valence-corrected chi connectivity index (χ1v) is 8.46. The second kappa shape index (κ2) is 7.17. The smallest absolute Gasteiger partial charge is 0.303 e. The standard InChI is InChI=1S/C17H18ClN5O3/c1-4-13(26-10(3)24)17(25)19-12-7-5-11(6-8-12)15-20-16-14(18)9(2)21-23(16)22-15/h5-8,13,21H,4H2,1-3H3,(H,19,25). The maximum Gasteiger partial charge on any atom is 0.303 e. The number of hydrogen-bond donors (Lipinski definition) is 2. The molecule has 2 N–H and O–H groups in total. The highest BCUT2D eigenvalue weighted by Gasteiger charge is 2.19. The van der Waals surface area contributed by atoms with Crippen molar-refractivity contribution in [1.82, 2.24) is 19.8 Å². The molecule has 0 saturated carbocycles. The van der Waals surface area contributed by atoms with Crippen molar-refractivity contribution >= 4 is 34.8 Å². The van der Waals surface area contributed by atoms with Crippen LogP contribution in [0.3, 0.4) is 0 Å². The highest BCUT2D eigenvalue weighted by atomic mass is 35.5. The zero-order chi connectivity index (χ0) is 18.8. The molecule has 0 saturated heterocycles. The summed E-state index contributed by atoms with van der Waals surface area (Å²) in [4.78, 5) is 27.6. The molecule has 0 radical (unpaired) electrons. The van der Waals surface area contributed by atoms with E-state index in [9.17, 15) is 9.59 Å². The third kappa shape index (κ3) is 3.55.